The molecule has 116 valence electrons. The molecule has 1 saturated carbocycles. The Morgan fingerprint density at radius 2 is 1.75 bits per heavy atom. The minimum absolute atomic E-state index is 0.800. The molecule has 4 atom stereocenters. The molecule has 2 aliphatic rings. The van der Waals surface area contributed by atoms with Crippen LogP contribution in [0.2, 0.25) is 0 Å². The predicted octanol–water partition coefficient (Wildman–Crippen LogP) is 2.03. The van der Waals surface area contributed by atoms with E-state index in [0.29, 0.717) is 0 Å². The summed E-state index contributed by atoms with van der Waals surface area (Å²) in [4.78, 5) is 14.2. The van der Waals surface area contributed by atoms with E-state index in [1.165, 1.54) is 5.32 Å². The number of hydrogen-bond acceptors (Lipinski definition) is 4. The van der Waals surface area contributed by atoms with Crippen molar-refractivity contribution in [2.45, 2.75) is 41.8 Å². The molecule has 0 aromatic rings. The summed E-state index contributed by atoms with van der Waals surface area (Å²) in [6.45, 7) is 0. The van der Waals surface area contributed by atoms with Gasteiger partial charge in [0.2, 0.25) is 5.54 Å². The molecule has 0 spiro atoms. The average molecular weight is 329 g/mol. The monoisotopic (exact) mass is 328 g/mol. The summed E-state index contributed by atoms with van der Waals surface area (Å²) in [5.41, 5.74) is -4.16. The van der Waals surface area contributed by atoms with Crippen LogP contribution in [-0.2, 0) is 4.84 Å². The number of halogens is 7. The third-order valence-corrected chi connectivity index (χ3v) is 4.26. The van der Waals surface area contributed by atoms with Crippen molar-refractivity contribution in [1.82, 2.24) is 5.32 Å². The van der Waals surface area contributed by atoms with E-state index in [1.54, 1.807) is 0 Å². The van der Waals surface area contributed by atoms with Gasteiger partial charge in [-0.25, -0.2) is 0 Å². The van der Waals surface area contributed by atoms with Gasteiger partial charge in [-0.05, 0) is 6.42 Å². The van der Waals surface area contributed by atoms with Gasteiger partial charge in [-0.3, -0.25) is 5.32 Å². The number of fused-ring (bicyclic) bond motifs is 2. The maximum absolute atomic E-state index is 12.9. The first kappa shape index (κ1) is 15.4. The van der Waals surface area contributed by atoms with E-state index in [2.05, 4.69) is 4.84 Å². The first-order valence-corrected chi connectivity index (χ1v) is 5.72. The minimum atomic E-state index is -5.63. The molecule has 5 nitrogen and oxygen atoms in total. The summed E-state index contributed by atoms with van der Waals surface area (Å²) in [6, 6.07) is -1.60. The van der Waals surface area contributed by atoms with Gasteiger partial charge in [-0.15, -0.1) is 21.7 Å². The normalized spacial score (nSPS) is 36.1. The molecular formula is C8H7ClF6N2O3. The molecule has 1 aliphatic heterocycles. The first-order valence-electron chi connectivity index (χ1n) is 5.28. The van der Waals surface area contributed by atoms with Crippen molar-refractivity contribution in [2.24, 2.45) is 5.92 Å². The predicted molar refractivity (Wildman–Crippen MR) is 51.4 cm³/mol. The highest BCUT2D eigenvalue weighted by molar-refractivity contribution is 6.22. The van der Waals surface area contributed by atoms with Crippen molar-refractivity contribution in [2.75, 3.05) is 0 Å². The highest BCUT2D eigenvalue weighted by Gasteiger charge is 2.81. The molecule has 0 amide bonds. The van der Waals surface area contributed by atoms with Crippen LogP contribution in [0.1, 0.15) is 6.42 Å². The Hall–Kier alpha value is -0.970. The van der Waals surface area contributed by atoms with Crippen molar-refractivity contribution in [3.05, 3.63) is 10.1 Å². The standard InChI is InChI=1S/C8H7ClF6N2O3/c9-4-2-1-3(20-17(18)19)5(4)16-6(2,7(10,11)12)8(13,14)15/h2-5,16H,1H2/t2-,3-,4+,5+/m1/s1. The third-order valence-electron chi connectivity index (χ3n) is 3.68. The number of nitrogens with one attached hydrogen (secondary N) is 1. The Labute approximate surface area is 112 Å². The summed E-state index contributed by atoms with van der Waals surface area (Å²) < 4.78 is 77.5. The van der Waals surface area contributed by atoms with Gasteiger partial charge in [0.25, 0.3) is 5.09 Å². The van der Waals surface area contributed by atoms with Gasteiger partial charge in [-0.1, -0.05) is 0 Å². The number of piperidine rings is 1. The molecule has 12 heteroatoms. The first-order chi connectivity index (χ1) is 8.92. The fourth-order valence-electron chi connectivity index (χ4n) is 2.90. The van der Waals surface area contributed by atoms with E-state index < -0.39 is 52.8 Å². The van der Waals surface area contributed by atoms with Crippen LogP contribution in [0.3, 0.4) is 0 Å². The third kappa shape index (κ3) is 1.90. The fourth-order valence-corrected chi connectivity index (χ4v) is 3.42. The number of nitrogens with zero attached hydrogens (tertiary/aromatic N) is 1. The molecule has 1 aliphatic carbocycles. The summed E-state index contributed by atoms with van der Waals surface area (Å²) in [6.07, 6.45) is -13.5. The van der Waals surface area contributed by atoms with Crippen LogP contribution in [0.25, 0.3) is 0 Å². The quantitative estimate of drug-likeness (QED) is 0.364. The molecule has 0 aromatic carbocycles. The zero-order valence-corrected chi connectivity index (χ0v) is 10.1. The Bertz CT molecular complexity index is 413. The lowest BCUT2D eigenvalue weighted by Gasteiger charge is -2.42. The van der Waals surface area contributed by atoms with Gasteiger partial charge >= 0.3 is 12.4 Å². The minimum Gasteiger partial charge on any atom is -0.309 e. The van der Waals surface area contributed by atoms with Crippen molar-refractivity contribution in [3.63, 3.8) is 0 Å². The van der Waals surface area contributed by atoms with Gasteiger partial charge in [0, 0.05) is 5.92 Å². The second-order valence-corrected chi connectivity index (χ2v) is 5.13. The molecule has 2 fully saturated rings. The van der Waals surface area contributed by atoms with Crippen LogP contribution in [0.5, 0.6) is 0 Å². The van der Waals surface area contributed by atoms with E-state index in [4.69, 9.17) is 11.6 Å². The molecule has 2 bridgehead atoms. The van der Waals surface area contributed by atoms with Gasteiger partial charge in [0.15, 0.2) is 0 Å². The molecule has 20 heavy (non-hydrogen) atoms. The largest absolute Gasteiger partial charge is 0.415 e. The smallest absolute Gasteiger partial charge is 0.309 e. The Morgan fingerprint density at radius 3 is 2.05 bits per heavy atom. The van der Waals surface area contributed by atoms with Crippen LogP contribution in [0.15, 0.2) is 0 Å². The highest BCUT2D eigenvalue weighted by atomic mass is 35.5. The summed E-state index contributed by atoms with van der Waals surface area (Å²) in [7, 11) is 0. The van der Waals surface area contributed by atoms with Crippen molar-refractivity contribution < 1.29 is 36.3 Å². The zero-order chi connectivity index (χ0) is 15.5. The van der Waals surface area contributed by atoms with Crippen molar-refractivity contribution in [1.29, 1.82) is 0 Å². The zero-order valence-electron chi connectivity index (χ0n) is 9.33. The lowest BCUT2D eigenvalue weighted by atomic mass is 9.82. The molecule has 1 heterocycles. The number of hydrogen-bond donors (Lipinski definition) is 1. The lowest BCUT2D eigenvalue weighted by Crippen LogP contribution is -2.70. The van der Waals surface area contributed by atoms with Gasteiger partial charge in [0.05, 0.1) is 11.4 Å². The molecule has 1 saturated heterocycles. The second-order valence-electron chi connectivity index (χ2n) is 4.63. The van der Waals surface area contributed by atoms with Crippen LogP contribution < -0.4 is 5.32 Å². The summed E-state index contributed by atoms with van der Waals surface area (Å²) >= 11 is 5.59. The Balaban J connectivity index is 2.37. The van der Waals surface area contributed by atoms with Gasteiger partial charge in [-0.2, -0.15) is 26.3 Å². The van der Waals surface area contributed by atoms with E-state index in [-0.39, 0.29) is 0 Å². The topological polar surface area (TPSA) is 64.4 Å². The summed E-state index contributed by atoms with van der Waals surface area (Å²) in [5.74, 6) is -2.08. The average Bonchev–Trinajstić information content (AvgIpc) is 2.66. The molecular weight excluding hydrogens is 322 g/mol. The highest BCUT2D eigenvalue weighted by Crippen LogP contribution is 2.58. The maximum atomic E-state index is 12.9. The van der Waals surface area contributed by atoms with Gasteiger partial charge in [0.1, 0.15) is 6.10 Å². The van der Waals surface area contributed by atoms with Gasteiger partial charge < -0.3 is 4.84 Å². The van der Waals surface area contributed by atoms with Crippen LogP contribution in [-0.4, -0.2) is 40.5 Å². The molecule has 0 radical (unpaired) electrons. The SMILES string of the molecule is O=[N+]([O-])O[C@@H]1C[C@@H]2[C@H](Cl)[C@H]1NC2(C(F)(F)F)C(F)(F)F. The van der Waals surface area contributed by atoms with Crippen LogP contribution >= 0.6 is 11.6 Å². The summed E-state index contributed by atoms with van der Waals surface area (Å²) in [5, 5.41) is 8.71. The molecule has 1 N–H and O–H groups in total. The lowest BCUT2D eigenvalue weighted by molar-refractivity contribution is -0.769. The van der Waals surface area contributed by atoms with Crippen LogP contribution in [0.4, 0.5) is 26.3 Å². The molecule has 0 unspecified atom stereocenters. The van der Waals surface area contributed by atoms with Crippen molar-refractivity contribution >= 4 is 11.6 Å². The number of rotatable bonds is 2. The van der Waals surface area contributed by atoms with E-state index in [1.807, 2.05) is 0 Å². The molecule has 2 rings (SSSR count). The second kappa shape index (κ2) is 4.26. The fraction of sp³-hybridized carbons (Fsp3) is 1.00. The Kier molecular flexibility index (Phi) is 3.29. The Morgan fingerprint density at radius 1 is 1.25 bits per heavy atom. The van der Waals surface area contributed by atoms with E-state index >= 15 is 0 Å². The maximum Gasteiger partial charge on any atom is 0.415 e. The van der Waals surface area contributed by atoms with E-state index in [9.17, 15) is 36.5 Å². The van der Waals surface area contributed by atoms with E-state index in [0.717, 1.165) is 0 Å². The number of alkyl halides is 7. The van der Waals surface area contributed by atoms with Crippen LogP contribution in [0, 0.1) is 16.0 Å². The van der Waals surface area contributed by atoms with Crippen molar-refractivity contribution in [3.8, 4) is 0 Å². The molecule has 0 aromatic heterocycles.